The molecule has 1 saturated carbocycles. The summed E-state index contributed by atoms with van der Waals surface area (Å²) >= 11 is 0. The maximum Gasteiger partial charge on any atom is 0.513 e. The van der Waals surface area contributed by atoms with Crippen LogP contribution in [0.4, 0.5) is 4.79 Å². The lowest BCUT2D eigenvalue weighted by molar-refractivity contribution is -0.116. The van der Waals surface area contributed by atoms with Crippen LogP contribution in [0.2, 0.25) is 0 Å². The molecule has 1 spiro atoms. The number of aryl methyl sites for hydroxylation is 1. The van der Waals surface area contributed by atoms with Gasteiger partial charge in [0, 0.05) is 12.0 Å². The van der Waals surface area contributed by atoms with Gasteiger partial charge in [-0.25, -0.2) is 4.79 Å². The second kappa shape index (κ2) is 9.19. The van der Waals surface area contributed by atoms with Gasteiger partial charge < -0.3 is 19.5 Å². The minimum Gasteiger partial charge on any atom is -0.434 e. The first-order valence-corrected chi connectivity index (χ1v) is 9.99. The van der Waals surface area contributed by atoms with Crippen molar-refractivity contribution in [2.24, 2.45) is 5.11 Å². The van der Waals surface area contributed by atoms with Crippen LogP contribution in [0, 0.1) is 6.92 Å². The Bertz CT molecular complexity index is 912. The number of methoxy groups -OCH3 is 1. The first-order valence-electron chi connectivity index (χ1n) is 9.99. The number of amides is 1. The van der Waals surface area contributed by atoms with Crippen LogP contribution in [-0.2, 0) is 25.5 Å². The van der Waals surface area contributed by atoms with Gasteiger partial charge in [-0.1, -0.05) is 28.9 Å². The van der Waals surface area contributed by atoms with E-state index in [0.717, 1.165) is 18.4 Å². The topological polar surface area (TPSA) is 123 Å². The summed E-state index contributed by atoms with van der Waals surface area (Å²) in [5.41, 5.74) is 10.4. The summed E-state index contributed by atoms with van der Waals surface area (Å²) in [5, 5.41) is 6.70. The molecule has 0 unspecified atom stereocenters. The molecule has 1 aromatic carbocycles. The van der Waals surface area contributed by atoms with Crippen molar-refractivity contribution in [1.82, 2.24) is 5.32 Å². The number of rotatable bonds is 6. The number of benzene rings is 1. The van der Waals surface area contributed by atoms with Crippen LogP contribution in [0.3, 0.4) is 0 Å². The van der Waals surface area contributed by atoms with Gasteiger partial charge in [-0.05, 0) is 56.2 Å². The highest BCUT2D eigenvalue weighted by Gasteiger charge is 2.50. The van der Waals surface area contributed by atoms with E-state index in [9.17, 15) is 9.59 Å². The van der Waals surface area contributed by atoms with Gasteiger partial charge in [0.2, 0.25) is 0 Å². The van der Waals surface area contributed by atoms with Gasteiger partial charge in [-0.3, -0.25) is 4.79 Å². The van der Waals surface area contributed by atoms with E-state index in [4.69, 9.17) is 19.7 Å². The first kappa shape index (κ1) is 21.7. The predicted octanol–water partition coefficient (Wildman–Crippen LogP) is 4.15. The lowest BCUT2D eigenvalue weighted by Crippen LogP contribution is -2.49. The Balaban J connectivity index is 2.13. The zero-order chi connectivity index (χ0) is 21.7. The predicted molar refractivity (Wildman–Crippen MR) is 109 cm³/mol. The van der Waals surface area contributed by atoms with E-state index in [1.165, 1.54) is 0 Å². The third kappa shape index (κ3) is 4.27. The smallest absolute Gasteiger partial charge is 0.434 e. The Morgan fingerprint density at radius 2 is 2.10 bits per heavy atom. The molecule has 0 saturated heterocycles. The summed E-state index contributed by atoms with van der Waals surface area (Å²) in [5.74, 6) is -0.0498. The van der Waals surface area contributed by atoms with E-state index in [1.807, 2.05) is 25.1 Å². The summed E-state index contributed by atoms with van der Waals surface area (Å²) in [4.78, 5) is 28.2. The van der Waals surface area contributed by atoms with E-state index in [-0.39, 0.29) is 36.5 Å². The Morgan fingerprint density at radius 3 is 2.73 bits per heavy atom. The van der Waals surface area contributed by atoms with Gasteiger partial charge in [0.15, 0.2) is 0 Å². The summed E-state index contributed by atoms with van der Waals surface area (Å²) in [7, 11) is 1.67. The van der Waals surface area contributed by atoms with Crippen LogP contribution in [0.5, 0.6) is 0 Å². The minimum atomic E-state index is -0.848. The third-order valence-electron chi connectivity index (χ3n) is 5.65. The molecule has 1 aromatic rings. The first-order chi connectivity index (χ1) is 14.4. The number of azide groups is 1. The second-order valence-corrected chi connectivity index (χ2v) is 7.51. The van der Waals surface area contributed by atoms with Crippen molar-refractivity contribution in [3.8, 4) is 0 Å². The van der Waals surface area contributed by atoms with Crippen molar-refractivity contribution < 1.29 is 23.8 Å². The fraction of sp³-hybridized carbons (Fsp3) is 0.524. The number of nitrogens with one attached hydrogen (secondary N) is 1. The van der Waals surface area contributed by atoms with Crippen molar-refractivity contribution in [2.45, 2.75) is 57.7 Å². The van der Waals surface area contributed by atoms with Gasteiger partial charge in [0.25, 0.3) is 5.91 Å². The molecule has 0 radical (unpaired) electrons. The molecule has 1 aliphatic carbocycles. The van der Waals surface area contributed by atoms with Crippen molar-refractivity contribution in [2.75, 3.05) is 13.7 Å². The molecule has 1 amide bonds. The van der Waals surface area contributed by atoms with Crippen LogP contribution in [0.25, 0.3) is 16.0 Å². The van der Waals surface area contributed by atoms with E-state index < -0.39 is 11.7 Å². The number of hydrogen-bond donors (Lipinski definition) is 1. The van der Waals surface area contributed by atoms with Crippen molar-refractivity contribution >= 4 is 17.6 Å². The number of ether oxygens (including phenoxy) is 3. The fourth-order valence-electron chi connectivity index (χ4n) is 4.14. The lowest BCUT2D eigenvalue weighted by atomic mass is 9.79. The quantitative estimate of drug-likeness (QED) is 0.324. The van der Waals surface area contributed by atoms with Crippen LogP contribution in [0.1, 0.15) is 49.3 Å². The summed E-state index contributed by atoms with van der Waals surface area (Å²) in [6.45, 7) is 3.83. The number of carbonyl (C=O) groups excluding carboxylic acids is 2. The molecule has 1 aliphatic heterocycles. The summed E-state index contributed by atoms with van der Waals surface area (Å²) in [6.07, 6.45) is 1.84. The van der Waals surface area contributed by atoms with Crippen molar-refractivity contribution in [3.05, 3.63) is 51.1 Å². The van der Waals surface area contributed by atoms with Crippen LogP contribution < -0.4 is 5.32 Å². The molecule has 1 heterocycles. The highest BCUT2D eigenvalue weighted by Crippen LogP contribution is 2.44. The Hall–Kier alpha value is -3.03. The second-order valence-electron chi connectivity index (χ2n) is 7.51. The van der Waals surface area contributed by atoms with E-state index in [2.05, 4.69) is 15.3 Å². The summed E-state index contributed by atoms with van der Waals surface area (Å²) < 4.78 is 16.1. The monoisotopic (exact) mass is 414 g/mol. The fourth-order valence-corrected chi connectivity index (χ4v) is 4.14. The Morgan fingerprint density at radius 1 is 1.37 bits per heavy atom. The summed E-state index contributed by atoms with van der Waals surface area (Å²) in [6, 6.07) is 5.53. The molecule has 0 atom stereocenters. The van der Waals surface area contributed by atoms with Gasteiger partial charge in [-0.2, -0.15) is 0 Å². The molecule has 9 heteroatoms. The minimum absolute atomic E-state index is 0.0777. The zero-order valence-corrected chi connectivity index (χ0v) is 17.4. The van der Waals surface area contributed by atoms with E-state index in [1.54, 1.807) is 14.0 Å². The van der Waals surface area contributed by atoms with Gasteiger partial charge in [-0.15, -0.1) is 0 Å². The zero-order valence-electron chi connectivity index (χ0n) is 17.4. The lowest BCUT2D eigenvalue weighted by Gasteiger charge is -2.37. The van der Waals surface area contributed by atoms with Crippen molar-refractivity contribution in [1.29, 1.82) is 0 Å². The SMILES string of the molecule is CCOC(=O)OC1=C(c2cc(C)ccc2CN=[N+]=[N-])C(=O)NC12CCC(OC)CC2. The molecule has 3 rings (SSSR count). The largest absolute Gasteiger partial charge is 0.513 e. The normalized spacial score (nSPS) is 23.2. The molecule has 160 valence electrons. The molecule has 0 aromatic heterocycles. The molecule has 1 N–H and O–H groups in total. The molecule has 9 nitrogen and oxygen atoms in total. The Kier molecular flexibility index (Phi) is 6.64. The molecule has 30 heavy (non-hydrogen) atoms. The Labute approximate surface area is 175 Å². The molecule has 0 bridgehead atoms. The molecule has 2 aliphatic rings. The number of hydrogen-bond acceptors (Lipinski definition) is 6. The maximum atomic E-state index is 13.2. The van der Waals surface area contributed by atoms with Gasteiger partial charge in [0.1, 0.15) is 5.76 Å². The highest BCUT2D eigenvalue weighted by molar-refractivity contribution is 6.24. The van der Waals surface area contributed by atoms with Gasteiger partial charge >= 0.3 is 6.16 Å². The van der Waals surface area contributed by atoms with E-state index in [0.29, 0.717) is 24.0 Å². The number of carbonyl (C=O) groups is 2. The number of nitrogens with zero attached hydrogens (tertiary/aromatic N) is 3. The van der Waals surface area contributed by atoms with Gasteiger partial charge in [0.05, 0.1) is 30.4 Å². The van der Waals surface area contributed by atoms with Crippen LogP contribution >= 0.6 is 0 Å². The highest BCUT2D eigenvalue weighted by atomic mass is 16.7. The van der Waals surface area contributed by atoms with E-state index >= 15 is 0 Å². The maximum absolute atomic E-state index is 13.2. The van der Waals surface area contributed by atoms with Crippen molar-refractivity contribution in [3.63, 3.8) is 0 Å². The third-order valence-corrected chi connectivity index (χ3v) is 5.65. The molecular weight excluding hydrogens is 388 g/mol. The average molecular weight is 414 g/mol. The average Bonchev–Trinajstić information content (AvgIpc) is 2.98. The van der Waals surface area contributed by atoms with Crippen LogP contribution in [0.15, 0.2) is 29.1 Å². The standard InChI is InChI=1S/C21H26N4O5/c1-4-29-20(27)30-18-17(16-11-13(2)5-6-14(16)12-23-25-22)19(26)24-21(18)9-7-15(28-3)8-10-21/h5-6,11,15H,4,7-10,12H2,1-3H3,(H,24,26). The molecular formula is C21H26N4O5. The van der Waals surface area contributed by atoms with Crippen LogP contribution in [-0.4, -0.2) is 37.4 Å². The molecule has 1 fully saturated rings.